The Morgan fingerprint density at radius 1 is 1.00 bits per heavy atom. The standard InChI is InChI=1S/C16H26N2OS/c1-4-17(5-2)12-7-13-18(6-3)16(19)14-8-10-15(20)11-9-14/h8-11,20H,4-7,12-13H2,1-3H3. The van der Waals surface area contributed by atoms with Crippen LogP contribution in [-0.4, -0.2) is 48.4 Å². The van der Waals surface area contributed by atoms with Crippen molar-refractivity contribution in [3.05, 3.63) is 29.8 Å². The van der Waals surface area contributed by atoms with Crippen LogP contribution in [0.15, 0.2) is 29.2 Å². The van der Waals surface area contributed by atoms with E-state index < -0.39 is 0 Å². The molecule has 4 heteroatoms. The Balaban J connectivity index is 2.53. The summed E-state index contributed by atoms with van der Waals surface area (Å²) in [5.41, 5.74) is 0.743. The molecule has 1 aromatic carbocycles. The molecule has 0 aliphatic heterocycles. The molecule has 1 aromatic rings. The van der Waals surface area contributed by atoms with Crippen molar-refractivity contribution in [1.29, 1.82) is 0 Å². The minimum atomic E-state index is 0.111. The fourth-order valence-corrected chi connectivity index (χ4v) is 2.36. The van der Waals surface area contributed by atoms with E-state index in [0.717, 1.165) is 49.6 Å². The predicted molar refractivity (Wildman–Crippen MR) is 87.7 cm³/mol. The summed E-state index contributed by atoms with van der Waals surface area (Å²) in [6, 6.07) is 7.41. The van der Waals surface area contributed by atoms with Crippen molar-refractivity contribution in [2.75, 3.05) is 32.7 Å². The molecule has 0 aromatic heterocycles. The highest BCUT2D eigenvalue weighted by Crippen LogP contribution is 2.10. The maximum atomic E-state index is 12.4. The minimum absolute atomic E-state index is 0.111. The third-order valence-electron chi connectivity index (χ3n) is 3.58. The first-order valence-electron chi connectivity index (χ1n) is 7.43. The summed E-state index contributed by atoms with van der Waals surface area (Å²) in [4.78, 5) is 17.6. The van der Waals surface area contributed by atoms with Gasteiger partial charge in [-0.3, -0.25) is 4.79 Å². The topological polar surface area (TPSA) is 23.6 Å². The first kappa shape index (κ1) is 17.1. The number of hydrogen-bond acceptors (Lipinski definition) is 3. The van der Waals surface area contributed by atoms with Crippen LogP contribution >= 0.6 is 12.6 Å². The van der Waals surface area contributed by atoms with Crippen LogP contribution in [0.5, 0.6) is 0 Å². The van der Waals surface area contributed by atoms with Crippen LogP contribution in [-0.2, 0) is 0 Å². The molecule has 0 atom stereocenters. The van der Waals surface area contributed by atoms with Gasteiger partial charge in [-0.05, 0) is 57.2 Å². The van der Waals surface area contributed by atoms with Crippen LogP contribution in [0.1, 0.15) is 37.6 Å². The molecule has 0 bridgehead atoms. The summed E-state index contributed by atoms with van der Waals surface area (Å²) >= 11 is 4.24. The Morgan fingerprint density at radius 2 is 1.60 bits per heavy atom. The maximum absolute atomic E-state index is 12.4. The van der Waals surface area contributed by atoms with E-state index in [2.05, 4.69) is 31.4 Å². The van der Waals surface area contributed by atoms with Gasteiger partial charge >= 0.3 is 0 Å². The summed E-state index contributed by atoms with van der Waals surface area (Å²) in [5.74, 6) is 0.111. The molecule has 1 amide bonds. The van der Waals surface area contributed by atoms with Crippen molar-refractivity contribution in [1.82, 2.24) is 9.80 Å². The monoisotopic (exact) mass is 294 g/mol. The lowest BCUT2D eigenvalue weighted by Crippen LogP contribution is -2.34. The SMILES string of the molecule is CCN(CC)CCCN(CC)C(=O)c1ccc(S)cc1. The smallest absolute Gasteiger partial charge is 0.253 e. The van der Waals surface area contributed by atoms with Crippen molar-refractivity contribution < 1.29 is 4.79 Å². The molecule has 0 saturated carbocycles. The van der Waals surface area contributed by atoms with E-state index >= 15 is 0 Å². The van der Waals surface area contributed by atoms with Crippen LogP contribution < -0.4 is 0 Å². The van der Waals surface area contributed by atoms with E-state index in [1.165, 1.54) is 0 Å². The van der Waals surface area contributed by atoms with Crippen LogP contribution in [0.2, 0.25) is 0 Å². The van der Waals surface area contributed by atoms with Gasteiger partial charge in [-0.15, -0.1) is 12.6 Å². The zero-order chi connectivity index (χ0) is 15.0. The van der Waals surface area contributed by atoms with Crippen molar-refractivity contribution in [3.63, 3.8) is 0 Å². The predicted octanol–water partition coefficient (Wildman–Crippen LogP) is 3.17. The summed E-state index contributed by atoms with van der Waals surface area (Å²) in [5, 5.41) is 0. The molecule has 112 valence electrons. The first-order valence-corrected chi connectivity index (χ1v) is 7.87. The molecule has 0 unspecified atom stereocenters. The average Bonchev–Trinajstić information content (AvgIpc) is 2.48. The minimum Gasteiger partial charge on any atom is -0.339 e. The van der Waals surface area contributed by atoms with Gasteiger partial charge in [0.15, 0.2) is 0 Å². The van der Waals surface area contributed by atoms with Crippen molar-refractivity contribution in [2.24, 2.45) is 0 Å². The normalized spacial score (nSPS) is 10.8. The maximum Gasteiger partial charge on any atom is 0.253 e. The lowest BCUT2D eigenvalue weighted by atomic mass is 10.2. The van der Waals surface area contributed by atoms with Crippen LogP contribution in [0.4, 0.5) is 0 Å². The fraction of sp³-hybridized carbons (Fsp3) is 0.562. The molecule has 0 N–H and O–H groups in total. The quantitative estimate of drug-likeness (QED) is 0.745. The molecule has 3 nitrogen and oxygen atoms in total. The summed E-state index contributed by atoms with van der Waals surface area (Å²) in [6.07, 6.45) is 1.02. The Bertz CT molecular complexity index is 401. The lowest BCUT2D eigenvalue weighted by Gasteiger charge is -2.23. The van der Waals surface area contributed by atoms with Crippen molar-refractivity contribution in [3.8, 4) is 0 Å². The molecular formula is C16H26N2OS. The number of amides is 1. The van der Waals surface area contributed by atoms with Gasteiger partial charge in [0, 0.05) is 23.5 Å². The molecule has 0 aliphatic carbocycles. The molecular weight excluding hydrogens is 268 g/mol. The third-order valence-corrected chi connectivity index (χ3v) is 3.88. The number of rotatable bonds is 8. The molecule has 0 fully saturated rings. The van der Waals surface area contributed by atoms with Crippen LogP contribution in [0, 0.1) is 0 Å². The van der Waals surface area contributed by atoms with Gasteiger partial charge < -0.3 is 9.80 Å². The number of carbonyl (C=O) groups is 1. The first-order chi connectivity index (χ1) is 9.62. The second-order valence-corrected chi connectivity index (χ2v) is 5.33. The number of nitrogens with zero attached hydrogens (tertiary/aromatic N) is 2. The highest BCUT2D eigenvalue weighted by molar-refractivity contribution is 7.80. The van der Waals surface area contributed by atoms with Crippen LogP contribution in [0.25, 0.3) is 0 Å². The highest BCUT2D eigenvalue weighted by atomic mass is 32.1. The van der Waals surface area contributed by atoms with Gasteiger partial charge in [0.25, 0.3) is 5.91 Å². The van der Waals surface area contributed by atoms with E-state index in [1.54, 1.807) is 0 Å². The second kappa shape index (κ2) is 9.03. The average molecular weight is 294 g/mol. The molecule has 0 spiro atoms. The van der Waals surface area contributed by atoms with Crippen molar-refractivity contribution >= 4 is 18.5 Å². The molecule has 0 aliphatic rings. The Labute approximate surface area is 128 Å². The van der Waals surface area contributed by atoms with E-state index in [0.29, 0.717) is 0 Å². The zero-order valence-corrected chi connectivity index (χ0v) is 13.7. The fourth-order valence-electron chi connectivity index (χ4n) is 2.21. The molecule has 1 rings (SSSR count). The third kappa shape index (κ3) is 5.17. The molecule has 0 saturated heterocycles. The molecule has 0 radical (unpaired) electrons. The van der Waals surface area contributed by atoms with E-state index in [4.69, 9.17) is 0 Å². The van der Waals surface area contributed by atoms with E-state index in [1.807, 2.05) is 36.1 Å². The van der Waals surface area contributed by atoms with Gasteiger partial charge in [-0.1, -0.05) is 13.8 Å². The van der Waals surface area contributed by atoms with Gasteiger partial charge in [0.1, 0.15) is 0 Å². The number of thiol groups is 1. The van der Waals surface area contributed by atoms with Crippen LogP contribution in [0.3, 0.4) is 0 Å². The van der Waals surface area contributed by atoms with E-state index in [-0.39, 0.29) is 5.91 Å². The molecule has 0 heterocycles. The second-order valence-electron chi connectivity index (χ2n) is 4.81. The molecule has 20 heavy (non-hydrogen) atoms. The number of carbonyl (C=O) groups excluding carboxylic acids is 1. The zero-order valence-electron chi connectivity index (χ0n) is 12.8. The number of hydrogen-bond donors (Lipinski definition) is 1. The Morgan fingerprint density at radius 3 is 2.10 bits per heavy atom. The van der Waals surface area contributed by atoms with Gasteiger partial charge in [-0.2, -0.15) is 0 Å². The van der Waals surface area contributed by atoms with E-state index in [9.17, 15) is 4.79 Å². The van der Waals surface area contributed by atoms with Crippen molar-refractivity contribution in [2.45, 2.75) is 32.1 Å². The Hall–Kier alpha value is -1.00. The van der Waals surface area contributed by atoms with Gasteiger partial charge in [-0.25, -0.2) is 0 Å². The highest BCUT2D eigenvalue weighted by Gasteiger charge is 2.13. The summed E-state index contributed by atoms with van der Waals surface area (Å²) < 4.78 is 0. The largest absolute Gasteiger partial charge is 0.339 e. The van der Waals surface area contributed by atoms with Gasteiger partial charge in [0.2, 0.25) is 0 Å². The lowest BCUT2D eigenvalue weighted by molar-refractivity contribution is 0.0757. The summed E-state index contributed by atoms with van der Waals surface area (Å²) in [7, 11) is 0. The number of benzene rings is 1. The Kier molecular flexibility index (Phi) is 7.70. The van der Waals surface area contributed by atoms with Gasteiger partial charge in [0.05, 0.1) is 0 Å². The summed E-state index contributed by atoms with van der Waals surface area (Å²) in [6.45, 7) is 11.1.